The molecule has 0 heterocycles. The minimum Gasteiger partial charge on any atom is -0.324 e. The second kappa shape index (κ2) is 7.95. The lowest BCUT2D eigenvalue weighted by atomic mass is 10.4. The maximum atomic E-state index is 11.0. The molecule has 5 nitrogen and oxygen atoms in total. The van der Waals surface area contributed by atoms with Crippen LogP contribution in [0.3, 0.4) is 0 Å². The first-order valence-electron chi connectivity index (χ1n) is 4.16. The highest BCUT2D eigenvalue weighted by Crippen LogP contribution is 1.85. The molecular weight excluding hydrogens is 222 g/mol. The van der Waals surface area contributed by atoms with E-state index in [4.69, 9.17) is 5.73 Å². The van der Waals surface area contributed by atoms with Crippen molar-refractivity contribution < 1.29 is 9.59 Å². The van der Waals surface area contributed by atoms with E-state index in [2.05, 4.69) is 35.9 Å². The monoisotopic (exact) mass is 237 g/mol. The molecule has 0 bridgehead atoms. The molecule has 0 aliphatic carbocycles. The van der Waals surface area contributed by atoms with Crippen LogP contribution in [0.15, 0.2) is 0 Å². The number of hydrogen-bond acceptors (Lipinski definition) is 5. The van der Waals surface area contributed by atoms with Crippen LogP contribution in [0, 0.1) is 0 Å². The van der Waals surface area contributed by atoms with Crippen LogP contribution in [0.1, 0.15) is 12.8 Å². The van der Waals surface area contributed by atoms with E-state index < -0.39 is 6.29 Å². The van der Waals surface area contributed by atoms with E-state index in [0.717, 1.165) is 0 Å². The quantitative estimate of drug-likeness (QED) is 0.307. The lowest BCUT2D eigenvalue weighted by molar-refractivity contribution is -0.123. The lowest BCUT2D eigenvalue weighted by Gasteiger charge is -2.14. The third kappa shape index (κ3) is 7.05. The molecule has 0 aliphatic rings. The molecule has 14 heavy (non-hydrogen) atoms. The highest BCUT2D eigenvalue weighted by Gasteiger charge is 2.08. The van der Waals surface area contributed by atoms with E-state index >= 15 is 0 Å². The van der Waals surface area contributed by atoms with E-state index in [0.29, 0.717) is 11.5 Å². The normalized spacial score (nSPS) is 10.0. The Morgan fingerprint density at radius 3 is 1.71 bits per heavy atom. The van der Waals surface area contributed by atoms with Crippen LogP contribution in [-0.2, 0) is 9.59 Å². The molecule has 0 aliphatic heterocycles. The lowest BCUT2D eigenvalue weighted by Crippen LogP contribution is -2.53. The van der Waals surface area contributed by atoms with Gasteiger partial charge in [-0.2, -0.15) is 25.3 Å². The van der Waals surface area contributed by atoms with Gasteiger partial charge in [-0.1, -0.05) is 0 Å². The summed E-state index contributed by atoms with van der Waals surface area (Å²) in [7, 11) is 0. The molecular formula is C7H15N3O2S2. The smallest absolute Gasteiger partial charge is 0.223 e. The summed E-state index contributed by atoms with van der Waals surface area (Å²) >= 11 is 7.77. The molecule has 0 saturated carbocycles. The maximum Gasteiger partial charge on any atom is 0.223 e. The second-order valence-electron chi connectivity index (χ2n) is 2.56. The standard InChI is InChI=1S/C7H15N3O2S2/c8-7(9-5(11)1-3-13)10-6(12)2-4-14/h7,13-14H,1-4,8H2,(H,9,11)(H,10,12). The number of carbonyl (C=O) groups excluding carboxylic acids is 2. The molecule has 0 aromatic heterocycles. The van der Waals surface area contributed by atoms with Crippen molar-refractivity contribution >= 4 is 37.1 Å². The van der Waals surface area contributed by atoms with Crippen molar-refractivity contribution in [3.05, 3.63) is 0 Å². The Morgan fingerprint density at radius 2 is 1.43 bits per heavy atom. The Kier molecular flexibility index (Phi) is 7.73. The summed E-state index contributed by atoms with van der Waals surface area (Å²) in [4.78, 5) is 22.0. The molecule has 0 fully saturated rings. The van der Waals surface area contributed by atoms with Gasteiger partial charge in [-0.3, -0.25) is 15.3 Å². The van der Waals surface area contributed by atoms with Gasteiger partial charge < -0.3 is 10.6 Å². The third-order valence-electron chi connectivity index (χ3n) is 1.31. The zero-order chi connectivity index (χ0) is 11.0. The molecule has 82 valence electrons. The number of nitrogens with two attached hydrogens (primary N) is 1. The highest BCUT2D eigenvalue weighted by molar-refractivity contribution is 7.80. The van der Waals surface area contributed by atoms with Gasteiger partial charge in [0, 0.05) is 12.8 Å². The molecule has 0 aromatic carbocycles. The Bertz CT molecular complexity index is 181. The van der Waals surface area contributed by atoms with Gasteiger partial charge in [0.15, 0.2) is 6.29 Å². The zero-order valence-corrected chi connectivity index (χ0v) is 9.48. The largest absolute Gasteiger partial charge is 0.324 e. The zero-order valence-electron chi connectivity index (χ0n) is 7.69. The predicted octanol–water partition coefficient (Wildman–Crippen LogP) is -0.899. The Morgan fingerprint density at radius 1 is 1.07 bits per heavy atom. The van der Waals surface area contributed by atoms with Crippen molar-refractivity contribution in [2.75, 3.05) is 11.5 Å². The van der Waals surface area contributed by atoms with E-state index in [1.807, 2.05) is 0 Å². The van der Waals surface area contributed by atoms with Crippen LogP contribution in [0.2, 0.25) is 0 Å². The van der Waals surface area contributed by atoms with Crippen LogP contribution >= 0.6 is 25.3 Å². The Hall–Kier alpha value is -0.400. The molecule has 7 heteroatoms. The molecule has 0 saturated heterocycles. The molecule has 2 amide bonds. The Labute approximate surface area is 94.0 Å². The van der Waals surface area contributed by atoms with Gasteiger partial charge in [0.05, 0.1) is 0 Å². The highest BCUT2D eigenvalue weighted by atomic mass is 32.1. The summed E-state index contributed by atoms with van der Waals surface area (Å²) in [5, 5.41) is 4.81. The molecule has 0 unspecified atom stereocenters. The third-order valence-corrected chi connectivity index (χ3v) is 1.76. The predicted molar refractivity (Wildman–Crippen MR) is 61.2 cm³/mol. The van der Waals surface area contributed by atoms with Crippen LogP contribution in [0.25, 0.3) is 0 Å². The van der Waals surface area contributed by atoms with Gasteiger partial charge in [0.25, 0.3) is 0 Å². The van der Waals surface area contributed by atoms with Crippen LogP contribution < -0.4 is 16.4 Å². The van der Waals surface area contributed by atoms with Gasteiger partial charge in [-0.15, -0.1) is 0 Å². The van der Waals surface area contributed by atoms with E-state index in [1.54, 1.807) is 0 Å². The molecule has 0 radical (unpaired) electrons. The second-order valence-corrected chi connectivity index (χ2v) is 3.45. The summed E-state index contributed by atoms with van der Waals surface area (Å²) in [6.45, 7) is 0. The van der Waals surface area contributed by atoms with E-state index in [-0.39, 0.29) is 24.7 Å². The molecule has 0 spiro atoms. The summed E-state index contributed by atoms with van der Waals surface area (Å²) in [5.74, 6) is 0.420. The molecule has 0 atom stereocenters. The fourth-order valence-corrected chi connectivity index (χ4v) is 1.14. The first-order chi connectivity index (χ1) is 6.60. The van der Waals surface area contributed by atoms with Crippen LogP contribution in [0.5, 0.6) is 0 Å². The molecule has 0 rings (SSSR count). The van der Waals surface area contributed by atoms with Crippen molar-refractivity contribution in [3.63, 3.8) is 0 Å². The summed E-state index contributed by atoms with van der Waals surface area (Å²) in [6.07, 6.45) is -0.284. The number of rotatable bonds is 6. The van der Waals surface area contributed by atoms with Gasteiger partial charge in [-0.25, -0.2) is 0 Å². The van der Waals surface area contributed by atoms with Gasteiger partial charge in [0.2, 0.25) is 11.8 Å². The van der Waals surface area contributed by atoms with Gasteiger partial charge in [0.1, 0.15) is 0 Å². The first-order valence-corrected chi connectivity index (χ1v) is 5.42. The number of hydrogen-bond donors (Lipinski definition) is 5. The van der Waals surface area contributed by atoms with Gasteiger partial charge in [-0.05, 0) is 11.5 Å². The molecule has 4 N–H and O–H groups in total. The van der Waals surface area contributed by atoms with E-state index in [1.165, 1.54) is 0 Å². The topological polar surface area (TPSA) is 84.2 Å². The molecule has 0 aromatic rings. The number of carbonyl (C=O) groups is 2. The van der Waals surface area contributed by atoms with Crippen molar-refractivity contribution in [1.82, 2.24) is 10.6 Å². The summed E-state index contributed by atoms with van der Waals surface area (Å²) in [6, 6.07) is 0. The van der Waals surface area contributed by atoms with Gasteiger partial charge >= 0.3 is 0 Å². The number of thiol groups is 2. The van der Waals surface area contributed by atoms with Crippen molar-refractivity contribution in [3.8, 4) is 0 Å². The minimum absolute atomic E-state index is 0.237. The van der Waals surface area contributed by atoms with Crippen molar-refractivity contribution in [2.24, 2.45) is 5.73 Å². The number of nitrogens with one attached hydrogen (secondary N) is 2. The van der Waals surface area contributed by atoms with Crippen LogP contribution in [0.4, 0.5) is 0 Å². The Balaban J connectivity index is 3.68. The van der Waals surface area contributed by atoms with Crippen molar-refractivity contribution in [2.45, 2.75) is 19.1 Å². The maximum absolute atomic E-state index is 11.0. The first kappa shape index (κ1) is 13.6. The van der Waals surface area contributed by atoms with E-state index in [9.17, 15) is 9.59 Å². The summed E-state index contributed by atoms with van der Waals surface area (Å²) < 4.78 is 0. The fraction of sp³-hybridized carbons (Fsp3) is 0.714. The van der Waals surface area contributed by atoms with Crippen LogP contribution in [-0.4, -0.2) is 29.6 Å². The SMILES string of the molecule is NC(NC(=O)CCS)NC(=O)CCS. The average Bonchev–Trinajstić information content (AvgIpc) is 2.03. The fourth-order valence-electron chi connectivity index (χ4n) is 0.730. The number of amides is 2. The van der Waals surface area contributed by atoms with Crippen molar-refractivity contribution in [1.29, 1.82) is 0 Å². The average molecular weight is 237 g/mol. The minimum atomic E-state index is -0.838. The summed E-state index contributed by atoms with van der Waals surface area (Å²) in [5.41, 5.74) is 5.42.